The number of hydrogen-bond donors (Lipinski definition) is 0. The molecule has 4 rings (SSSR count). The standard InChI is InChI=1S/C19H14ClNO5S/c1-2-24-14-9-16-15(25-10-26-16)7-11(14)8-17-18(22)21(19(23)27-17)13-5-3-12(20)4-6-13/h3-9H,2,10H2,1H3/b17-8+. The van der Waals surface area contributed by atoms with Crippen molar-refractivity contribution in [1.82, 2.24) is 0 Å². The number of imide groups is 1. The molecule has 138 valence electrons. The van der Waals surface area contributed by atoms with Gasteiger partial charge in [0.1, 0.15) is 5.75 Å². The van der Waals surface area contributed by atoms with Crippen molar-refractivity contribution in [3.8, 4) is 17.2 Å². The molecule has 2 heterocycles. The number of anilines is 1. The van der Waals surface area contributed by atoms with E-state index in [2.05, 4.69) is 0 Å². The van der Waals surface area contributed by atoms with Crippen molar-refractivity contribution in [3.05, 3.63) is 51.9 Å². The average Bonchev–Trinajstić information content (AvgIpc) is 3.20. The van der Waals surface area contributed by atoms with Crippen LogP contribution in [0.2, 0.25) is 5.02 Å². The summed E-state index contributed by atoms with van der Waals surface area (Å²) in [6.45, 7) is 2.45. The van der Waals surface area contributed by atoms with Crippen molar-refractivity contribution in [2.24, 2.45) is 0 Å². The topological polar surface area (TPSA) is 65.1 Å². The van der Waals surface area contributed by atoms with Crippen LogP contribution in [0.5, 0.6) is 17.2 Å². The molecule has 0 radical (unpaired) electrons. The van der Waals surface area contributed by atoms with Crippen molar-refractivity contribution >= 4 is 46.3 Å². The minimum Gasteiger partial charge on any atom is -0.493 e. The molecule has 6 nitrogen and oxygen atoms in total. The number of hydrogen-bond acceptors (Lipinski definition) is 6. The first kappa shape index (κ1) is 17.8. The molecular formula is C19H14ClNO5S. The summed E-state index contributed by atoms with van der Waals surface area (Å²) < 4.78 is 16.4. The SMILES string of the molecule is CCOc1cc2c(cc1/C=C1/SC(=O)N(c3ccc(Cl)cc3)C1=O)OCO2. The summed E-state index contributed by atoms with van der Waals surface area (Å²) >= 11 is 6.75. The number of carbonyl (C=O) groups is 2. The highest BCUT2D eigenvalue weighted by atomic mass is 35.5. The van der Waals surface area contributed by atoms with E-state index in [1.807, 2.05) is 6.92 Å². The van der Waals surface area contributed by atoms with Crippen LogP contribution in [0.3, 0.4) is 0 Å². The smallest absolute Gasteiger partial charge is 0.298 e. The fourth-order valence-electron chi connectivity index (χ4n) is 2.75. The van der Waals surface area contributed by atoms with Gasteiger partial charge in [0, 0.05) is 16.7 Å². The van der Waals surface area contributed by atoms with Gasteiger partial charge in [-0.15, -0.1) is 0 Å². The van der Waals surface area contributed by atoms with E-state index in [0.29, 0.717) is 45.0 Å². The quantitative estimate of drug-likeness (QED) is 0.689. The molecule has 8 heteroatoms. The highest BCUT2D eigenvalue weighted by Crippen LogP contribution is 2.41. The lowest BCUT2D eigenvalue weighted by Gasteiger charge is -2.12. The summed E-state index contributed by atoms with van der Waals surface area (Å²) in [7, 11) is 0. The maximum Gasteiger partial charge on any atom is 0.298 e. The van der Waals surface area contributed by atoms with Gasteiger partial charge >= 0.3 is 0 Å². The van der Waals surface area contributed by atoms with Crippen molar-refractivity contribution in [1.29, 1.82) is 0 Å². The second kappa shape index (κ2) is 7.17. The Labute approximate surface area is 164 Å². The predicted octanol–water partition coefficient (Wildman–Crippen LogP) is 4.71. The van der Waals surface area contributed by atoms with Crippen LogP contribution in [0.1, 0.15) is 12.5 Å². The maximum absolute atomic E-state index is 12.8. The Balaban J connectivity index is 1.69. The molecule has 1 saturated heterocycles. The number of benzene rings is 2. The third-order valence-corrected chi connectivity index (χ3v) is 5.09. The van der Waals surface area contributed by atoms with E-state index in [-0.39, 0.29) is 12.0 Å². The number of rotatable bonds is 4. The van der Waals surface area contributed by atoms with Crippen molar-refractivity contribution in [2.45, 2.75) is 6.92 Å². The second-order valence-corrected chi connectivity index (χ2v) is 7.10. The molecule has 0 atom stereocenters. The van der Waals surface area contributed by atoms with Gasteiger partial charge in [0.15, 0.2) is 11.5 Å². The molecule has 0 unspecified atom stereocenters. The van der Waals surface area contributed by atoms with Crippen LogP contribution in [-0.4, -0.2) is 24.5 Å². The zero-order chi connectivity index (χ0) is 19.0. The first-order valence-electron chi connectivity index (χ1n) is 8.17. The lowest BCUT2D eigenvalue weighted by Crippen LogP contribution is -2.27. The summed E-state index contributed by atoms with van der Waals surface area (Å²) in [5, 5.41) is 0.162. The fourth-order valence-corrected chi connectivity index (χ4v) is 3.71. The van der Waals surface area contributed by atoms with Crippen molar-refractivity contribution < 1.29 is 23.8 Å². The van der Waals surface area contributed by atoms with Gasteiger partial charge in [-0.3, -0.25) is 9.59 Å². The van der Waals surface area contributed by atoms with Crippen molar-refractivity contribution in [2.75, 3.05) is 18.3 Å². The van der Waals surface area contributed by atoms with Crippen LogP contribution in [0, 0.1) is 0 Å². The summed E-state index contributed by atoms with van der Waals surface area (Å²) in [6, 6.07) is 10.00. The second-order valence-electron chi connectivity index (χ2n) is 5.67. The fraction of sp³-hybridized carbons (Fsp3) is 0.158. The lowest BCUT2D eigenvalue weighted by molar-refractivity contribution is -0.113. The zero-order valence-electron chi connectivity index (χ0n) is 14.2. The Bertz CT molecular complexity index is 957. The molecule has 2 aromatic carbocycles. The van der Waals surface area contributed by atoms with E-state index >= 15 is 0 Å². The Morgan fingerprint density at radius 2 is 1.89 bits per heavy atom. The van der Waals surface area contributed by atoms with Crippen LogP contribution >= 0.6 is 23.4 Å². The predicted molar refractivity (Wildman–Crippen MR) is 104 cm³/mol. The Hall–Kier alpha value is -2.64. The van der Waals surface area contributed by atoms with Gasteiger partial charge in [-0.05, 0) is 55.1 Å². The number of fused-ring (bicyclic) bond motifs is 1. The summed E-state index contributed by atoms with van der Waals surface area (Å²) in [5.41, 5.74) is 1.11. The monoisotopic (exact) mass is 403 g/mol. The van der Waals surface area contributed by atoms with Crippen LogP contribution in [0.4, 0.5) is 10.5 Å². The molecule has 2 aliphatic heterocycles. The number of nitrogens with zero attached hydrogens (tertiary/aromatic N) is 1. The van der Waals surface area contributed by atoms with E-state index in [9.17, 15) is 9.59 Å². The minimum absolute atomic E-state index is 0.136. The number of thioether (sulfide) groups is 1. The van der Waals surface area contributed by atoms with E-state index in [0.717, 1.165) is 16.7 Å². The van der Waals surface area contributed by atoms with Gasteiger partial charge in [0.25, 0.3) is 11.1 Å². The summed E-state index contributed by atoms with van der Waals surface area (Å²) in [4.78, 5) is 26.6. The largest absolute Gasteiger partial charge is 0.493 e. The molecule has 0 N–H and O–H groups in total. The van der Waals surface area contributed by atoms with Crippen LogP contribution in [0.15, 0.2) is 41.3 Å². The molecule has 0 aliphatic carbocycles. The van der Waals surface area contributed by atoms with Gasteiger partial charge in [0.05, 0.1) is 17.2 Å². The third kappa shape index (κ3) is 3.36. The average molecular weight is 404 g/mol. The third-order valence-electron chi connectivity index (χ3n) is 3.97. The van der Waals surface area contributed by atoms with Crippen LogP contribution in [0.25, 0.3) is 6.08 Å². The number of halogens is 1. The van der Waals surface area contributed by atoms with E-state index < -0.39 is 5.91 Å². The highest BCUT2D eigenvalue weighted by Gasteiger charge is 2.36. The van der Waals surface area contributed by atoms with Crippen LogP contribution < -0.4 is 19.1 Å². The molecule has 0 spiro atoms. The number of ether oxygens (including phenoxy) is 3. The zero-order valence-corrected chi connectivity index (χ0v) is 15.8. The summed E-state index contributed by atoms with van der Waals surface area (Å²) in [5.74, 6) is 1.32. The maximum atomic E-state index is 12.8. The van der Waals surface area contributed by atoms with Crippen molar-refractivity contribution in [3.63, 3.8) is 0 Å². The van der Waals surface area contributed by atoms with E-state index in [4.69, 9.17) is 25.8 Å². The molecular weight excluding hydrogens is 390 g/mol. The highest BCUT2D eigenvalue weighted by molar-refractivity contribution is 8.19. The van der Waals surface area contributed by atoms with Gasteiger partial charge < -0.3 is 14.2 Å². The number of amides is 2. The Morgan fingerprint density at radius 3 is 2.59 bits per heavy atom. The molecule has 0 aromatic heterocycles. The molecule has 2 amide bonds. The Morgan fingerprint density at radius 1 is 1.19 bits per heavy atom. The van der Waals surface area contributed by atoms with Gasteiger partial charge in [-0.2, -0.15) is 0 Å². The molecule has 0 bridgehead atoms. The van der Waals surface area contributed by atoms with E-state index in [1.54, 1.807) is 42.5 Å². The summed E-state index contributed by atoms with van der Waals surface area (Å²) in [6.07, 6.45) is 1.63. The molecule has 2 aliphatic rings. The number of carbonyl (C=O) groups excluding carboxylic acids is 2. The van der Waals surface area contributed by atoms with Crippen LogP contribution in [-0.2, 0) is 4.79 Å². The Kier molecular flexibility index (Phi) is 4.72. The normalized spacial score (nSPS) is 17.1. The first-order chi connectivity index (χ1) is 13.1. The van der Waals surface area contributed by atoms with Gasteiger partial charge in [0.2, 0.25) is 6.79 Å². The first-order valence-corrected chi connectivity index (χ1v) is 9.36. The lowest BCUT2D eigenvalue weighted by atomic mass is 10.1. The molecule has 2 aromatic rings. The van der Waals surface area contributed by atoms with Gasteiger partial charge in [-0.1, -0.05) is 11.6 Å². The minimum atomic E-state index is -0.396. The molecule has 27 heavy (non-hydrogen) atoms. The van der Waals surface area contributed by atoms with E-state index in [1.165, 1.54) is 0 Å². The van der Waals surface area contributed by atoms with Gasteiger partial charge in [-0.25, -0.2) is 4.90 Å². The molecule has 0 saturated carbocycles. The molecule has 1 fully saturated rings.